The van der Waals surface area contributed by atoms with Crippen LogP contribution in [0.2, 0.25) is 0 Å². The summed E-state index contributed by atoms with van der Waals surface area (Å²) in [5.74, 6) is 1.01. The van der Waals surface area contributed by atoms with E-state index < -0.39 is 0 Å². The van der Waals surface area contributed by atoms with Gasteiger partial charge in [0.15, 0.2) is 6.10 Å². The van der Waals surface area contributed by atoms with Crippen LogP contribution in [0.4, 0.5) is 0 Å². The number of aryl methyl sites for hydroxylation is 1. The molecule has 2 aromatic rings. The SMILES string of the molecule is CCNCc1sc(C2Cc3ccccc3O2)nc1CC. The van der Waals surface area contributed by atoms with Crippen LogP contribution >= 0.6 is 11.3 Å². The molecule has 2 heterocycles. The maximum Gasteiger partial charge on any atom is 0.154 e. The van der Waals surface area contributed by atoms with E-state index in [0.717, 1.165) is 36.7 Å². The van der Waals surface area contributed by atoms with Crippen molar-refractivity contribution in [2.45, 2.75) is 39.3 Å². The minimum Gasteiger partial charge on any atom is -0.483 e. The monoisotopic (exact) mass is 288 g/mol. The molecule has 0 saturated heterocycles. The molecule has 0 spiro atoms. The molecule has 0 fully saturated rings. The van der Waals surface area contributed by atoms with Crippen molar-refractivity contribution in [3.63, 3.8) is 0 Å². The van der Waals surface area contributed by atoms with Gasteiger partial charge in [0.1, 0.15) is 10.8 Å². The van der Waals surface area contributed by atoms with Gasteiger partial charge in [0.2, 0.25) is 0 Å². The topological polar surface area (TPSA) is 34.1 Å². The summed E-state index contributed by atoms with van der Waals surface area (Å²) >= 11 is 1.79. The van der Waals surface area contributed by atoms with Crippen LogP contribution in [0.25, 0.3) is 0 Å². The van der Waals surface area contributed by atoms with Crippen LogP contribution < -0.4 is 10.1 Å². The molecular weight excluding hydrogens is 268 g/mol. The molecule has 1 aliphatic rings. The van der Waals surface area contributed by atoms with Crippen LogP contribution in [0.5, 0.6) is 5.75 Å². The molecule has 0 bridgehead atoms. The predicted molar refractivity (Wildman–Crippen MR) is 82.4 cm³/mol. The van der Waals surface area contributed by atoms with Gasteiger partial charge in [-0.05, 0) is 24.6 Å². The van der Waals surface area contributed by atoms with Crippen molar-refractivity contribution in [2.24, 2.45) is 0 Å². The quantitative estimate of drug-likeness (QED) is 0.914. The summed E-state index contributed by atoms with van der Waals surface area (Å²) in [6.07, 6.45) is 2.02. The fourth-order valence-corrected chi connectivity index (χ4v) is 3.67. The Hall–Kier alpha value is -1.39. The van der Waals surface area contributed by atoms with Crippen LogP contribution in [0.1, 0.15) is 41.1 Å². The van der Waals surface area contributed by atoms with Gasteiger partial charge >= 0.3 is 0 Å². The largest absolute Gasteiger partial charge is 0.483 e. The van der Waals surface area contributed by atoms with Crippen LogP contribution in [0.3, 0.4) is 0 Å². The van der Waals surface area contributed by atoms with Crippen molar-refractivity contribution in [3.05, 3.63) is 45.4 Å². The minimum absolute atomic E-state index is 0.0954. The zero-order valence-corrected chi connectivity index (χ0v) is 12.8. The third-order valence-electron chi connectivity index (χ3n) is 3.59. The second-order valence-electron chi connectivity index (χ2n) is 4.97. The molecule has 1 aromatic carbocycles. The van der Waals surface area contributed by atoms with E-state index >= 15 is 0 Å². The summed E-state index contributed by atoms with van der Waals surface area (Å²) in [4.78, 5) is 6.15. The molecule has 106 valence electrons. The van der Waals surface area contributed by atoms with Crippen molar-refractivity contribution in [3.8, 4) is 5.75 Å². The Morgan fingerprint density at radius 1 is 1.35 bits per heavy atom. The Morgan fingerprint density at radius 3 is 2.95 bits per heavy atom. The Bertz CT molecular complexity index is 569. The van der Waals surface area contributed by atoms with Gasteiger partial charge in [-0.25, -0.2) is 4.98 Å². The number of ether oxygens (including phenoxy) is 1. The van der Waals surface area contributed by atoms with E-state index in [2.05, 4.69) is 31.3 Å². The molecule has 20 heavy (non-hydrogen) atoms. The summed E-state index contributed by atoms with van der Waals surface area (Å²) in [6, 6.07) is 8.28. The number of hydrogen-bond acceptors (Lipinski definition) is 4. The Morgan fingerprint density at radius 2 is 2.20 bits per heavy atom. The third-order valence-corrected chi connectivity index (χ3v) is 4.78. The lowest BCUT2D eigenvalue weighted by Crippen LogP contribution is -2.11. The zero-order valence-electron chi connectivity index (χ0n) is 12.0. The molecule has 1 N–H and O–H groups in total. The summed E-state index contributed by atoms with van der Waals surface area (Å²) in [6.45, 7) is 6.20. The first-order valence-electron chi connectivity index (χ1n) is 7.25. The average Bonchev–Trinajstić information content (AvgIpc) is 3.08. The van der Waals surface area contributed by atoms with Gasteiger partial charge in [-0.1, -0.05) is 32.0 Å². The molecular formula is C16H20N2OS. The lowest BCUT2D eigenvalue weighted by atomic mass is 10.1. The molecule has 1 aliphatic heterocycles. The fraction of sp³-hybridized carbons (Fsp3) is 0.438. The first-order chi connectivity index (χ1) is 9.81. The molecule has 1 unspecified atom stereocenters. The minimum atomic E-state index is 0.0954. The average molecular weight is 288 g/mol. The van der Waals surface area contributed by atoms with Crippen molar-refractivity contribution in [2.75, 3.05) is 6.54 Å². The van der Waals surface area contributed by atoms with Crippen LogP contribution in [0, 0.1) is 0 Å². The Balaban J connectivity index is 1.80. The maximum absolute atomic E-state index is 6.04. The summed E-state index contributed by atoms with van der Waals surface area (Å²) < 4.78 is 6.04. The highest BCUT2D eigenvalue weighted by atomic mass is 32.1. The number of rotatable bonds is 5. The Labute approximate surface area is 124 Å². The number of hydrogen-bond donors (Lipinski definition) is 1. The highest BCUT2D eigenvalue weighted by molar-refractivity contribution is 7.11. The fourth-order valence-electron chi connectivity index (χ4n) is 2.51. The molecule has 1 aromatic heterocycles. The molecule has 3 rings (SSSR count). The van der Waals surface area contributed by atoms with Gasteiger partial charge in [0.05, 0.1) is 5.69 Å². The summed E-state index contributed by atoms with van der Waals surface area (Å²) in [7, 11) is 0. The molecule has 1 atom stereocenters. The number of para-hydroxylation sites is 1. The van der Waals surface area contributed by atoms with Crippen LogP contribution in [-0.2, 0) is 19.4 Å². The van der Waals surface area contributed by atoms with Crippen molar-refractivity contribution < 1.29 is 4.74 Å². The number of thiazole rings is 1. The van der Waals surface area contributed by atoms with Crippen molar-refractivity contribution in [1.82, 2.24) is 10.3 Å². The van der Waals surface area contributed by atoms with E-state index in [1.165, 1.54) is 16.1 Å². The highest BCUT2D eigenvalue weighted by Gasteiger charge is 2.27. The lowest BCUT2D eigenvalue weighted by Gasteiger charge is -2.06. The van der Waals surface area contributed by atoms with Gasteiger partial charge in [-0.15, -0.1) is 11.3 Å². The first-order valence-corrected chi connectivity index (χ1v) is 8.07. The normalized spacial score (nSPS) is 17.0. The van der Waals surface area contributed by atoms with E-state index in [9.17, 15) is 0 Å². The molecule has 0 aliphatic carbocycles. The van der Waals surface area contributed by atoms with Gasteiger partial charge in [-0.3, -0.25) is 0 Å². The van der Waals surface area contributed by atoms with Gasteiger partial charge < -0.3 is 10.1 Å². The van der Waals surface area contributed by atoms with E-state index in [1.54, 1.807) is 11.3 Å². The second-order valence-corrected chi connectivity index (χ2v) is 6.09. The molecule has 0 amide bonds. The third kappa shape index (κ3) is 2.58. The molecule has 0 radical (unpaired) electrons. The smallest absolute Gasteiger partial charge is 0.154 e. The molecule has 3 nitrogen and oxygen atoms in total. The van der Waals surface area contributed by atoms with Crippen molar-refractivity contribution >= 4 is 11.3 Å². The van der Waals surface area contributed by atoms with Crippen LogP contribution in [-0.4, -0.2) is 11.5 Å². The number of aromatic nitrogens is 1. The summed E-state index contributed by atoms with van der Waals surface area (Å²) in [5.41, 5.74) is 2.50. The number of benzene rings is 1. The van der Waals surface area contributed by atoms with Gasteiger partial charge in [-0.2, -0.15) is 0 Å². The van der Waals surface area contributed by atoms with Crippen LogP contribution in [0.15, 0.2) is 24.3 Å². The van der Waals surface area contributed by atoms with E-state index in [4.69, 9.17) is 9.72 Å². The number of nitrogens with one attached hydrogen (secondary N) is 1. The first kappa shape index (κ1) is 13.6. The van der Waals surface area contributed by atoms with E-state index in [0.29, 0.717) is 0 Å². The number of nitrogens with zero attached hydrogens (tertiary/aromatic N) is 1. The number of fused-ring (bicyclic) bond motifs is 1. The lowest BCUT2D eigenvalue weighted by molar-refractivity contribution is 0.238. The highest BCUT2D eigenvalue weighted by Crippen LogP contribution is 2.38. The Kier molecular flexibility index (Phi) is 4.03. The maximum atomic E-state index is 6.04. The van der Waals surface area contributed by atoms with Crippen molar-refractivity contribution in [1.29, 1.82) is 0 Å². The predicted octanol–water partition coefficient (Wildman–Crippen LogP) is 3.49. The standard InChI is InChI=1S/C16H20N2OS/c1-3-12-15(10-17-4-2)20-16(18-12)14-9-11-7-5-6-8-13(11)19-14/h5-8,14,17H,3-4,9-10H2,1-2H3. The van der Waals surface area contributed by atoms with Gasteiger partial charge in [0.25, 0.3) is 0 Å². The molecule has 4 heteroatoms. The second kappa shape index (κ2) is 5.94. The molecule has 0 saturated carbocycles. The van der Waals surface area contributed by atoms with Gasteiger partial charge in [0, 0.05) is 17.8 Å². The summed E-state index contributed by atoms with van der Waals surface area (Å²) in [5, 5.41) is 4.51. The zero-order chi connectivity index (χ0) is 13.9. The van der Waals surface area contributed by atoms with E-state index in [1.807, 2.05) is 12.1 Å². The van der Waals surface area contributed by atoms with E-state index in [-0.39, 0.29) is 6.10 Å².